The molecule has 0 aliphatic rings. The molecule has 3 nitrogen and oxygen atoms in total. The normalized spacial score (nSPS) is 11.9. The summed E-state index contributed by atoms with van der Waals surface area (Å²) in [5.41, 5.74) is 8.16. The molecule has 0 bridgehead atoms. The minimum atomic E-state index is -0.983. The van der Waals surface area contributed by atoms with E-state index in [1.165, 1.54) is 12.3 Å². The fourth-order valence-corrected chi connectivity index (χ4v) is 1.29. The van der Waals surface area contributed by atoms with Gasteiger partial charge in [-0.05, 0) is 29.7 Å². The minimum Gasteiger partial charge on any atom is -0.478 e. The van der Waals surface area contributed by atoms with Crippen LogP contribution in [-0.2, 0) is 4.79 Å². The molecule has 0 aliphatic heterocycles. The van der Waals surface area contributed by atoms with Crippen molar-refractivity contribution in [2.45, 2.75) is 6.92 Å². The molecule has 0 unspecified atom stereocenters. The number of allylic oxidation sites excluding steroid dienone is 2. The van der Waals surface area contributed by atoms with Gasteiger partial charge in [-0.15, -0.1) is 0 Å². The number of nitrogens with two attached hydrogens (primary N) is 1. The van der Waals surface area contributed by atoms with Crippen LogP contribution in [0.15, 0.2) is 42.6 Å². The van der Waals surface area contributed by atoms with Gasteiger partial charge >= 0.3 is 5.97 Å². The minimum absolute atomic E-state index is 0.704. The highest BCUT2D eigenvalue weighted by molar-refractivity contribution is 5.86. The molecule has 3 heteroatoms. The molecule has 0 aliphatic carbocycles. The smallest absolute Gasteiger partial charge is 0.328 e. The van der Waals surface area contributed by atoms with Gasteiger partial charge < -0.3 is 10.8 Å². The molecule has 0 heterocycles. The second-order valence-corrected chi connectivity index (χ2v) is 3.11. The number of carboxylic acid groups (broad SMARTS) is 1. The van der Waals surface area contributed by atoms with Crippen LogP contribution < -0.4 is 5.73 Å². The van der Waals surface area contributed by atoms with Gasteiger partial charge in [0, 0.05) is 12.3 Å². The molecular weight excluding hydrogens is 190 g/mol. The third-order valence-electron chi connectivity index (χ3n) is 2.04. The average Bonchev–Trinajstić information content (AvgIpc) is 2.21. The Morgan fingerprint density at radius 2 is 2.00 bits per heavy atom. The summed E-state index contributed by atoms with van der Waals surface area (Å²) >= 11 is 0. The van der Waals surface area contributed by atoms with Crippen molar-refractivity contribution >= 4 is 11.5 Å². The summed E-state index contributed by atoms with van der Waals surface area (Å²) < 4.78 is 0. The van der Waals surface area contributed by atoms with E-state index < -0.39 is 5.97 Å². The maximum atomic E-state index is 10.4. The number of hydrogen-bond donors (Lipinski definition) is 2. The molecule has 15 heavy (non-hydrogen) atoms. The van der Waals surface area contributed by atoms with Crippen LogP contribution in [0.4, 0.5) is 0 Å². The Morgan fingerprint density at radius 1 is 1.33 bits per heavy atom. The molecule has 1 aromatic rings. The Kier molecular flexibility index (Phi) is 3.68. The van der Waals surface area contributed by atoms with Gasteiger partial charge in [-0.1, -0.05) is 24.3 Å². The first kappa shape index (κ1) is 11.0. The van der Waals surface area contributed by atoms with E-state index in [9.17, 15) is 4.79 Å². The Morgan fingerprint density at radius 3 is 2.53 bits per heavy atom. The fraction of sp³-hybridized carbons (Fsp3) is 0.0833. The lowest BCUT2D eigenvalue weighted by Gasteiger charge is -2.04. The Balaban J connectivity index is 3.05. The third kappa shape index (κ3) is 2.98. The highest BCUT2D eigenvalue weighted by Crippen LogP contribution is 2.18. The summed E-state index contributed by atoms with van der Waals surface area (Å²) in [6, 6.07) is 7.67. The van der Waals surface area contributed by atoms with E-state index in [1.807, 2.05) is 31.2 Å². The van der Waals surface area contributed by atoms with Gasteiger partial charge in [-0.25, -0.2) is 4.79 Å². The molecule has 0 spiro atoms. The Labute approximate surface area is 88.5 Å². The van der Waals surface area contributed by atoms with Crippen LogP contribution in [0, 0.1) is 6.92 Å². The highest BCUT2D eigenvalue weighted by Gasteiger charge is 2.00. The number of aryl methyl sites for hydroxylation is 1. The van der Waals surface area contributed by atoms with Crippen LogP contribution in [0.25, 0.3) is 5.57 Å². The molecule has 78 valence electrons. The maximum absolute atomic E-state index is 10.4. The zero-order valence-corrected chi connectivity index (χ0v) is 8.47. The van der Waals surface area contributed by atoms with E-state index in [0.29, 0.717) is 5.57 Å². The lowest BCUT2D eigenvalue weighted by atomic mass is 10.0. The average molecular weight is 203 g/mol. The monoisotopic (exact) mass is 203 g/mol. The van der Waals surface area contributed by atoms with E-state index in [4.69, 9.17) is 10.8 Å². The Hall–Kier alpha value is -2.03. The first-order chi connectivity index (χ1) is 7.15. The molecule has 0 atom stereocenters. The lowest BCUT2D eigenvalue weighted by Crippen LogP contribution is -1.92. The standard InChI is InChI=1S/C12H13NO2/c1-9-4-2-3-5-11(9)10(8-13)6-7-12(14)15/h2-8H,13H2,1H3,(H,14,15)/b7-6+,10-8-. The topological polar surface area (TPSA) is 63.3 Å². The van der Waals surface area contributed by atoms with Gasteiger partial charge in [0.25, 0.3) is 0 Å². The van der Waals surface area contributed by atoms with Crippen molar-refractivity contribution in [3.63, 3.8) is 0 Å². The first-order valence-corrected chi connectivity index (χ1v) is 4.54. The summed E-state index contributed by atoms with van der Waals surface area (Å²) in [6.07, 6.45) is 3.97. The first-order valence-electron chi connectivity index (χ1n) is 4.54. The van der Waals surface area contributed by atoms with Gasteiger partial charge in [0.05, 0.1) is 0 Å². The van der Waals surface area contributed by atoms with Crippen molar-refractivity contribution in [1.29, 1.82) is 0 Å². The number of rotatable bonds is 3. The molecule has 0 amide bonds. The summed E-state index contributed by atoms with van der Waals surface area (Å²) in [7, 11) is 0. The molecule has 3 N–H and O–H groups in total. The summed E-state index contributed by atoms with van der Waals surface area (Å²) in [6.45, 7) is 1.95. The Bertz CT molecular complexity index is 419. The number of aliphatic carboxylic acids is 1. The van der Waals surface area contributed by atoms with E-state index in [-0.39, 0.29) is 0 Å². The molecule has 0 radical (unpaired) electrons. The summed E-state index contributed by atoms with van der Waals surface area (Å²) in [4.78, 5) is 10.4. The highest BCUT2D eigenvalue weighted by atomic mass is 16.4. The van der Waals surface area contributed by atoms with Gasteiger partial charge in [0.1, 0.15) is 0 Å². The van der Waals surface area contributed by atoms with Crippen molar-refractivity contribution in [3.05, 3.63) is 53.7 Å². The molecule has 0 saturated carbocycles. The van der Waals surface area contributed by atoms with Crippen molar-refractivity contribution in [2.75, 3.05) is 0 Å². The molecule has 0 aromatic heterocycles. The largest absolute Gasteiger partial charge is 0.478 e. The number of benzene rings is 1. The fourth-order valence-electron chi connectivity index (χ4n) is 1.29. The third-order valence-corrected chi connectivity index (χ3v) is 2.04. The van der Waals surface area contributed by atoms with Crippen molar-refractivity contribution in [2.24, 2.45) is 5.73 Å². The number of hydrogen-bond acceptors (Lipinski definition) is 2. The van der Waals surface area contributed by atoms with Crippen molar-refractivity contribution in [1.82, 2.24) is 0 Å². The number of carbonyl (C=O) groups is 1. The molecule has 0 saturated heterocycles. The van der Waals surface area contributed by atoms with E-state index in [0.717, 1.165) is 17.2 Å². The van der Waals surface area contributed by atoms with E-state index in [2.05, 4.69) is 0 Å². The van der Waals surface area contributed by atoms with Crippen LogP contribution >= 0.6 is 0 Å². The predicted molar refractivity (Wildman–Crippen MR) is 60.1 cm³/mol. The molecular formula is C12H13NO2. The molecule has 1 rings (SSSR count). The zero-order valence-electron chi connectivity index (χ0n) is 8.47. The maximum Gasteiger partial charge on any atom is 0.328 e. The second-order valence-electron chi connectivity index (χ2n) is 3.11. The van der Waals surface area contributed by atoms with Crippen LogP contribution in [0.1, 0.15) is 11.1 Å². The quantitative estimate of drug-likeness (QED) is 0.582. The van der Waals surface area contributed by atoms with Gasteiger partial charge in [-0.3, -0.25) is 0 Å². The van der Waals surface area contributed by atoms with Crippen molar-refractivity contribution in [3.8, 4) is 0 Å². The molecule has 0 fully saturated rings. The van der Waals surface area contributed by atoms with E-state index in [1.54, 1.807) is 0 Å². The zero-order chi connectivity index (χ0) is 11.3. The van der Waals surface area contributed by atoms with Crippen LogP contribution in [0.5, 0.6) is 0 Å². The van der Waals surface area contributed by atoms with Gasteiger partial charge in [-0.2, -0.15) is 0 Å². The second kappa shape index (κ2) is 5.00. The van der Waals surface area contributed by atoms with Crippen LogP contribution in [-0.4, -0.2) is 11.1 Å². The molecule has 1 aromatic carbocycles. The van der Waals surface area contributed by atoms with Gasteiger partial charge in [0.2, 0.25) is 0 Å². The number of carboxylic acids is 1. The summed E-state index contributed by atoms with van der Waals surface area (Å²) in [5.74, 6) is -0.983. The SMILES string of the molecule is Cc1ccccc1C(=C\N)/C=C/C(=O)O. The van der Waals surface area contributed by atoms with E-state index >= 15 is 0 Å². The van der Waals surface area contributed by atoms with Crippen LogP contribution in [0.2, 0.25) is 0 Å². The van der Waals surface area contributed by atoms with Gasteiger partial charge in [0.15, 0.2) is 0 Å². The summed E-state index contributed by atoms with van der Waals surface area (Å²) in [5, 5.41) is 8.52. The lowest BCUT2D eigenvalue weighted by molar-refractivity contribution is -0.131. The van der Waals surface area contributed by atoms with Crippen molar-refractivity contribution < 1.29 is 9.90 Å². The van der Waals surface area contributed by atoms with Crippen LogP contribution in [0.3, 0.4) is 0 Å². The predicted octanol–water partition coefficient (Wildman–Crippen LogP) is 1.94.